The molecule has 0 bridgehead atoms. The summed E-state index contributed by atoms with van der Waals surface area (Å²) >= 11 is 6.43. The van der Waals surface area contributed by atoms with E-state index in [1.54, 1.807) is 41.1 Å². The number of nitrogens with zero attached hydrogens (tertiary/aromatic N) is 2. The normalized spacial score (nSPS) is 14.2. The predicted molar refractivity (Wildman–Crippen MR) is 152 cm³/mol. The van der Waals surface area contributed by atoms with Gasteiger partial charge in [-0.15, -0.1) is 0 Å². The Kier molecular flexibility index (Phi) is 7.44. The summed E-state index contributed by atoms with van der Waals surface area (Å²) in [4.78, 5) is 38.9. The van der Waals surface area contributed by atoms with Crippen molar-refractivity contribution in [2.24, 2.45) is 0 Å². The number of rotatable bonds is 7. The van der Waals surface area contributed by atoms with Gasteiger partial charge in [0.05, 0.1) is 12.0 Å². The van der Waals surface area contributed by atoms with E-state index in [-0.39, 0.29) is 22.6 Å². The monoisotopic (exact) mass is 560 g/mol. The average Bonchev–Trinajstić information content (AvgIpc) is 3.41. The number of hydrogen-bond acceptors (Lipinski definition) is 6. The number of thioether (sulfide) groups is 1. The number of benzene rings is 3. The van der Waals surface area contributed by atoms with Crippen LogP contribution in [0.4, 0.5) is 10.1 Å². The molecule has 3 amide bonds. The Morgan fingerprint density at radius 2 is 1.77 bits per heavy atom. The fourth-order valence-electron chi connectivity index (χ4n) is 4.02. The van der Waals surface area contributed by atoms with Crippen molar-refractivity contribution < 1.29 is 23.5 Å². The highest BCUT2D eigenvalue weighted by molar-refractivity contribution is 8.26. The number of hydrogen-bond donors (Lipinski definition) is 2. The van der Waals surface area contributed by atoms with E-state index < -0.39 is 11.8 Å². The van der Waals surface area contributed by atoms with E-state index in [9.17, 15) is 18.8 Å². The Labute approximate surface area is 232 Å². The summed E-state index contributed by atoms with van der Waals surface area (Å²) in [5, 5.41) is 4.63. The maximum absolute atomic E-state index is 13.2. The fraction of sp³-hybridized carbons (Fsp3) is 0.0714. The molecule has 0 spiro atoms. The highest BCUT2D eigenvalue weighted by atomic mass is 32.2. The molecule has 5 rings (SSSR count). The number of carbonyl (C=O) groups is 3. The lowest BCUT2D eigenvalue weighted by Crippen LogP contribution is -2.44. The number of aromatic nitrogens is 1. The van der Waals surface area contributed by atoms with Crippen molar-refractivity contribution in [3.8, 4) is 5.75 Å². The quantitative estimate of drug-likeness (QED) is 0.245. The first kappa shape index (κ1) is 26.1. The number of methoxy groups -OCH3 is 1. The molecule has 1 fully saturated rings. The maximum atomic E-state index is 13.2. The highest BCUT2D eigenvalue weighted by Crippen LogP contribution is 2.33. The molecule has 39 heavy (non-hydrogen) atoms. The molecule has 0 unspecified atom stereocenters. The van der Waals surface area contributed by atoms with Crippen LogP contribution in [0.3, 0.4) is 0 Å². The molecular weight excluding hydrogens is 539 g/mol. The number of thiocarbonyl (C=S) groups is 1. The zero-order chi connectivity index (χ0) is 27.5. The van der Waals surface area contributed by atoms with Gasteiger partial charge in [0.25, 0.3) is 11.8 Å². The van der Waals surface area contributed by atoms with Crippen LogP contribution in [0, 0.1) is 5.82 Å². The summed E-state index contributed by atoms with van der Waals surface area (Å²) in [6, 6.07) is 19.5. The topological polar surface area (TPSA) is 92.7 Å². The number of carbonyl (C=O) groups excluding carboxylic acids is 3. The minimum Gasteiger partial charge on any atom is -0.497 e. The lowest BCUT2D eigenvalue weighted by atomic mass is 10.1. The molecule has 0 saturated carbocycles. The largest absolute Gasteiger partial charge is 0.497 e. The van der Waals surface area contributed by atoms with Gasteiger partial charge >= 0.3 is 0 Å². The minimum atomic E-state index is -0.487. The van der Waals surface area contributed by atoms with E-state index in [1.807, 2.05) is 24.3 Å². The Morgan fingerprint density at radius 3 is 2.49 bits per heavy atom. The van der Waals surface area contributed by atoms with Gasteiger partial charge in [0.2, 0.25) is 5.91 Å². The third-order valence-corrected chi connectivity index (χ3v) is 7.21. The Hall–Kier alpha value is -4.48. The molecule has 8 nitrogen and oxygen atoms in total. The molecule has 0 aliphatic carbocycles. The molecule has 0 radical (unpaired) electrons. The first-order valence-corrected chi connectivity index (χ1v) is 12.9. The SMILES string of the molecule is COc1ccc(C(=O)NN2C(=O)/C(=C/c3cn(CC(=O)Nc4ccc(F)cc4)c4ccccc34)SC2=S)cc1. The van der Waals surface area contributed by atoms with Gasteiger partial charge in [0.1, 0.15) is 18.1 Å². The van der Waals surface area contributed by atoms with Crippen molar-refractivity contribution in [3.63, 3.8) is 0 Å². The van der Waals surface area contributed by atoms with Crippen LogP contribution < -0.4 is 15.5 Å². The smallest absolute Gasteiger partial charge is 0.285 e. The minimum absolute atomic E-state index is 0.00457. The standard InChI is InChI=1S/C28H21FN4O4S2/c1-37-21-12-6-17(7-13-21)26(35)31-33-27(36)24(39-28(33)38)14-18-15-32(23-5-3-2-4-22(18)23)16-25(34)30-20-10-8-19(29)9-11-20/h2-15H,16H2,1H3,(H,30,34)(H,31,35)/b24-14-. The van der Waals surface area contributed by atoms with Crippen LogP contribution in [0.1, 0.15) is 15.9 Å². The van der Waals surface area contributed by atoms with E-state index in [1.165, 1.54) is 31.4 Å². The third-order valence-electron chi connectivity index (χ3n) is 5.91. The number of ether oxygens (including phenoxy) is 1. The predicted octanol–water partition coefficient (Wildman–Crippen LogP) is 4.97. The maximum Gasteiger partial charge on any atom is 0.285 e. The summed E-state index contributed by atoms with van der Waals surface area (Å²) in [6.07, 6.45) is 3.47. The van der Waals surface area contributed by atoms with Crippen LogP contribution in [0.25, 0.3) is 17.0 Å². The third kappa shape index (κ3) is 5.69. The molecule has 2 heterocycles. The van der Waals surface area contributed by atoms with Gasteiger partial charge in [-0.3, -0.25) is 19.8 Å². The van der Waals surface area contributed by atoms with Crippen LogP contribution in [-0.2, 0) is 16.1 Å². The molecule has 1 saturated heterocycles. The fourth-order valence-corrected chi connectivity index (χ4v) is 5.19. The van der Waals surface area contributed by atoms with Crippen molar-refractivity contribution in [1.29, 1.82) is 0 Å². The molecule has 0 atom stereocenters. The molecule has 1 aliphatic heterocycles. The summed E-state index contributed by atoms with van der Waals surface area (Å²) in [7, 11) is 1.53. The molecule has 1 aliphatic rings. The second-order valence-electron chi connectivity index (χ2n) is 8.47. The van der Waals surface area contributed by atoms with Gasteiger partial charge in [0.15, 0.2) is 4.32 Å². The lowest BCUT2D eigenvalue weighted by molar-refractivity contribution is -0.123. The van der Waals surface area contributed by atoms with Gasteiger partial charge in [-0.25, -0.2) is 4.39 Å². The summed E-state index contributed by atoms with van der Waals surface area (Å²) in [6.45, 7) is 0.00457. The van der Waals surface area contributed by atoms with Crippen LogP contribution in [0.2, 0.25) is 0 Å². The van der Waals surface area contributed by atoms with Crippen LogP contribution in [0.5, 0.6) is 5.75 Å². The number of para-hydroxylation sites is 1. The first-order chi connectivity index (χ1) is 18.8. The molecule has 2 N–H and O–H groups in total. The van der Waals surface area contributed by atoms with Crippen molar-refractivity contribution in [2.75, 3.05) is 12.4 Å². The second kappa shape index (κ2) is 11.1. The Bertz CT molecular complexity index is 1630. The number of fused-ring (bicyclic) bond motifs is 1. The van der Waals surface area contributed by atoms with E-state index in [2.05, 4.69) is 10.7 Å². The lowest BCUT2D eigenvalue weighted by Gasteiger charge is -2.15. The zero-order valence-electron chi connectivity index (χ0n) is 20.5. The number of nitrogens with one attached hydrogen (secondary N) is 2. The van der Waals surface area contributed by atoms with Gasteiger partial charge in [-0.05, 0) is 72.9 Å². The highest BCUT2D eigenvalue weighted by Gasteiger charge is 2.34. The molecule has 3 aromatic carbocycles. The van der Waals surface area contributed by atoms with E-state index in [4.69, 9.17) is 17.0 Å². The number of hydrazine groups is 1. The summed E-state index contributed by atoms with van der Waals surface area (Å²) < 4.78 is 20.2. The van der Waals surface area contributed by atoms with Gasteiger partial charge in [-0.1, -0.05) is 30.0 Å². The van der Waals surface area contributed by atoms with Gasteiger partial charge < -0.3 is 14.6 Å². The molecule has 4 aromatic rings. The van der Waals surface area contributed by atoms with Crippen LogP contribution in [0.15, 0.2) is 83.9 Å². The van der Waals surface area contributed by atoms with Crippen molar-refractivity contribution in [3.05, 3.63) is 101 Å². The summed E-state index contributed by atoms with van der Waals surface area (Å²) in [5.41, 5.74) is 4.89. The Balaban J connectivity index is 1.35. The van der Waals surface area contributed by atoms with Gasteiger partial charge in [-0.2, -0.15) is 5.01 Å². The molecule has 11 heteroatoms. The molecular formula is C28H21FN4O4S2. The van der Waals surface area contributed by atoms with E-state index >= 15 is 0 Å². The van der Waals surface area contributed by atoms with Gasteiger partial charge in [0, 0.05) is 33.9 Å². The first-order valence-electron chi connectivity index (χ1n) is 11.7. The van der Waals surface area contributed by atoms with Crippen molar-refractivity contribution in [1.82, 2.24) is 15.0 Å². The zero-order valence-corrected chi connectivity index (χ0v) is 22.1. The number of anilines is 1. The summed E-state index contributed by atoms with van der Waals surface area (Å²) in [5.74, 6) is -1.02. The van der Waals surface area contributed by atoms with Crippen LogP contribution >= 0.6 is 24.0 Å². The van der Waals surface area contributed by atoms with Crippen molar-refractivity contribution in [2.45, 2.75) is 6.54 Å². The second-order valence-corrected chi connectivity index (χ2v) is 10.1. The van der Waals surface area contributed by atoms with E-state index in [0.717, 1.165) is 27.7 Å². The molecule has 196 valence electrons. The van der Waals surface area contributed by atoms with E-state index in [0.29, 0.717) is 27.5 Å². The van der Waals surface area contributed by atoms with Crippen LogP contribution in [-0.4, -0.2) is 38.7 Å². The average molecular weight is 561 g/mol. The number of halogens is 1. The Morgan fingerprint density at radius 1 is 1.05 bits per heavy atom. The van der Waals surface area contributed by atoms with Crippen molar-refractivity contribution >= 4 is 68.7 Å². The number of amides is 3. The molecule has 1 aromatic heterocycles.